The van der Waals surface area contributed by atoms with Crippen LogP contribution in [0.3, 0.4) is 0 Å². The summed E-state index contributed by atoms with van der Waals surface area (Å²) in [6.07, 6.45) is 1.67. The van der Waals surface area contributed by atoms with Crippen LogP contribution in [0.1, 0.15) is 5.56 Å². The molecule has 0 saturated heterocycles. The molecular formula is C14H10Cl2N2S. The van der Waals surface area contributed by atoms with Crippen molar-refractivity contribution in [3.8, 4) is 0 Å². The first-order chi connectivity index (χ1) is 9.24. The van der Waals surface area contributed by atoms with E-state index >= 15 is 0 Å². The van der Waals surface area contributed by atoms with Gasteiger partial charge in [0.15, 0.2) is 0 Å². The number of thioether (sulfide) groups is 1. The van der Waals surface area contributed by atoms with Crippen LogP contribution in [0.4, 0.5) is 0 Å². The van der Waals surface area contributed by atoms with E-state index in [0.717, 1.165) is 37.3 Å². The number of fused-ring (bicyclic) bond motifs is 1. The summed E-state index contributed by atoms with van der Waals surface area (Å²) in [5.74, 6) is 0.787. The van der Waals surface area contributed by atoms with Crippen molar-refractivity contribution in [3.63, 3.8) is 0 Å². The topological polar surface area (TPSA) is 28.7 Å². The number of aromatic nitrogens is 2. The van der Waals surface area contributed by atoms with Gasteiger partial charge in [0.25, 0.3) is 0 Å². The van der Waals surface area contributed by atoms with E-state index in [1.54, 1.807) is 18.1 Å². The summed E-state index contributed by atoms with van der Waals surface area (Å²) in [7, 11) is 0. The fourth-order valence-electron chi connectivity index (χ4n) is 1.82. The van der Waals surface area contributed by atoms with E-state index in [0.29, 0.717) is 0 Å². The fraction of sp³-hybridized carbons (Fsp3) is 0.0714. The molecule has 1 heterocycles. The summed E-state index contributed by atoms with van der Waals surface area (Å²) < 4.78 is 0. The third-order valence-electron chi connectivity index (χ3n) is 2.81. The van der Waals surface area contributed by atoms with E-state index in [1.807, 2.05) is 36.4 Å². The molecule has 1 aromatic heterocycles. The maximum atomic E-state index is 6.26. The van der Waals surface area contributed by atoms with Crippen LogP contribution in [0.25, 0.3) is 11.0 Å². The van der Waals surface area contributed by atoms with Gasteiger partial charge in [-0.3, -0.25) is 0 Å². The monoisotopic (exact) mass is 308 g/mol. The summed E-state index contributed by atoms with van der Waals surface area (Å²) in [4.78, 5) is 8.30. The van der Waals surface area contributed by atoms with Gasteiger partial charge in [-0.1, -0.05) is 41.4 Å². The molecular weight excluding hydrogens is 299 g/mol. The van der Waals surface area contributed by atoms with Gasteiger partial charge < -0.3 is 4.98 Å². The Bertz CT molecular complexity index is 724. The van der Waals surface area contributed by atoms with Crippen LogP contribution in [0.5, 0.6) is 0 Å². The minimum absolute atomic E-state index is 0.730. The highest BCUT2D eigenvalue weighted by atomic mass is 35.5. The number of nitrogens with zero attached hydrogens (tertiary/aromatic N) is 1. The second-order valence-electron chi connectivity index (χ2n) is 4.08. The maximum Gasteiger partial charge on any atom is 0.0931 e. The first-order valence-electron chi connectivity index (χ1n) is 5.73. The zero-order chi connectivity index (χ0) is 13.2. The van der Waals surface area contributed by atoms with E-state index in [2.05, 4.69) is 9.97 Å². The molecule has 0 aliphatic rings. The number of H-pyrrole nitrogens is 1. The van der Waals surface area contributed by atoms with Gasteiger partial charge in [0.2, 0.25) is 0 Å². The zero-order valence-electron chi connectivity index (χ0n) is 9.86. The zero-order valence-corrected chi connectivity index (χ0v) is 12.2. The van der Waals surface area contributed by atoms with Gasteiger partial charge in [-0.25, -0.2) is 4.98 Å². The molecule has 1 N–H and O–H groups in total. The number of halogens is 2. The highest BCUT2D eigenvalue weighted by molar-refractivity contribution is 7.98. The summed E-state index contributed by atoms with van der Waals surface area (Å²) in [5, 5.41) is 1.51. The maximum absolute atomic E-state index is 6.26. The molecule has 0 saturated carbocycles. The van der Waals surface area contributed by atoms with Crippen LogP contribution < -0.4 is 0 Å². The molecule has 96 valence electrons. The molecule has 3 rings (SSSR count). The van der Waals surface area contributed by atoms with Crippen molar-refractivity contribution in [1.29, 1.82) is 0 Å². The smallest absolute Gasteiger partial charge is 0.0931 e. The molecule has 0 spiro atoms. The van der Waals surface area contributed by atoms with E-state index in [4.69, 9.17) is 23.2 Å². The summed E-state index contributed by atoms with van der Waals surface area (Å²) in [6.45, 7) is 0. The number of nitrogens with one attached hydrogen (secondary N) is 1. The number of aromatic amines is 1. The van der Waals surface area contributed by atoms with Crippen LogP contribution in [0.2, 0.25) is 10.0 Å². The third-order valence-corrected chi connectivity index (χ3v) is 4.71. The Morgan fingerprint density at radius 1 is 1.11 bits per heavy atom. The van der Waals surface area contributed by atoms with Crippen LogP contribution in [-0.4, -0.2) is 9.97 Å². The van der Waals surface area contributed by atoms with Gasteiger partial charge >= 0.3 is 0 Å². The number of benzene rings is 2. The van der Waals surface area contributed by atoms with Crippen molar-refractivity contribution in [3.05, 3.63) is 58.3 Å². The van der Waals surface area contributed by atoms with Crippen molar-refractivity contribution in [2.24, 2.45) is 0 Å². The van der Waals surface area contributed by atoms with Gasteiger partial charge in [0.1, 0.15) is 0 Å². The predicted octanol–water partition coefficient (Wildman–Crippen LogP) is 5.16. The Hall–Kier alpha value is -1.16. The van der Waals surface area contributed by atoms with Crippen molar-refractivity contribution >= 4 is 46.0 Å². The highest BCUT2D eigenvalue weighted by Crippen LogP contribution is 2.33. The second-order valence-corrected chi connectivity index (χ2v) is 5.91. The lowest BCUT2D eigenvalue weighted by molar-refractivity contribution is 1.34. The van der Waals surface area contributed by atoms with E-state index < -0.39 is 0 Å². The molecule has 19 heavy (non-hydrogen) atoms. The normalized spacial score (nSPS) is 11.1. The quantitative estimate of drug-likeness (QED) is 0.677. The fourth-order valence-corrected chi connectivity index (χ4v) is 3.38. The van der Waals surface area contributed by atoms with E-state index in [9.17, 15) is 0 Å². The van der Waals surface area contributed by atoms with Crippen molar-refractivity contribution in [2.75, 3.05) is 0 Å². The third kappa shape index (κ3) is 2.73. The molecule has 5 heteroatoms. The van der Waals surface area contributed by atoms with Gasteiger partial charge in [-0.2, -0.15) is 0 Å². The lowest BCUT2D eigenvalue weighted by Crippen LogP contribution is -1.83. The molecule has 0 aliphatic heterocycles. The number of hydrogen-bond acceptors (Lipinski definition) is 2. The Balaban J connectivity index is 1.85. The lowest BCUT2D eigenvalue weighted by Gasteiger charge is -2.06. The summed E-state index contributed by atoms with van der Waals surface area (Å²) in [5.41, 5.74) is 2.98. The molecule has 0 aliphatic carbocycles. The van der Waals surface area contributed by atoms with Crippen molar-refractivity contribution < 1.29 is 0 Å². The SMILES string of the molecule is Clc1ccccc1CSc1cc2nc[nH]c2cc1Cl. The second kappa shape index (κ2) is 5.45. The van der Waals surface area contributed by atoms with Gasteiger partial charge in [-0.15, -0.1) is 11.8 Å². The molecule has 0 fully saturated rings. The summed E-state index contributed by atoms with van der Waals surface area (Å²) >= 11 is 14.1. The molecule has 3 aromatic rings. The van der Waals surface area contributed by atoms with Crippen LogP contribution in [0.15, 0.2) is 47.6 Å². The standard InChI is InChI=1S/C14H10Cl2N2S/c15-10-4-2-1-3-9(10)7-19-14-6-13-12(5-11(14)16)17-8-18-13/h1-6,8H,7H2,(H,17,18). The molecule has 2 aromatic carbocycles. The van der Waals surface area contributed by atoms with E-state index in [-0.39, 0.29) is 0 Å². The number of hydrogen-bond donors (Lipinski definition) is 1. The molecule has 2 nitrogen and oxygen atoms in total. The molecule has 0 unspecified atom stereocenters. The largest absolute Gasteiger partial charge is 0.345 e. The highest BCUT2D eigenvalue weighted by Gasteiger charge is 2.07. The Morgan fingerprint density at radius 2 is 1.95 bits per heavy atom. The van der Waals surface area contributed by atoms with Gasteiger partial charge in [0.05, 0.1) is 22.4 Å². The van der Waals surface area contributed by atoms with Gasteiger partial charge in [-0.05, 0) is 23.8 Å². The average Bonchev–Trinajstić information content (AvgIpc) is 2.84. The Labute approximate surface area is 125 Å². The molecule has 0 bridgehead atoms. The molecule has 0 atom stereocenters. The average molecular weight is 309 g/mol. The van der Waals surface area contributed by atoms with Crippen LogP contribution in [-0.2, 0) is 5.75 Å². The molecule has 0 amide bonds. The van der Waals surface area contributed by atoms with Crippen LogP contribution >= 0.6 is 35.0 Å². The van der Waals surface area contributed by atoms with E-state index in [1.165, 1.54) is 0 Å². The van der Waals surface area contributed by atoms with Crippen molar-refractivity contribution in [2.45, 2.75) is 10.6 Å². The Kier molecular flexibility index (Phi) is 3.69. The summed E-state index contributed by atoms with van der Waals surface area (Å²) in [6, 6.07) is 11.7. The number of imidazole rings is 1. The first-order valence-corrected chi connectivity index (χ1v) is 7.47. The van der Waals surface area contributed by atoms with Crippen molar-refractivity contribution in [1.82, 2.24) is 9.97 Å². The lowest BCUT2D eigenvalue weighted by atomic mass is 10.2. The Morgan fingerprint density at radius 3 is 2.79 bits per heavy atom. The van der Waals surface area contributed by atoms with Gasteiger partial charge in [0, 0.05) is 15.7 Å². The number of rotatable bonds is 3. The predicted molar refractivity (Wildman–Crippen MR) is 82.1 cm³/mol. The minimum Gasteiger partial charge on any atom is -0.345 e. The molecule has 0 radical (unpaired) electrons. The first kappa shape index (κ1) is 12.9. The minimum atomic E-state index is 0.730. The van der Waals surface area contributed by atoms with Crippen LogP contribution in [0, 0.1) is 0 Å².